The van der Waals surface area contributed by atoms with Crippen molar-refractivity contribution in [2.75, 3.05) is 6.61 Å². The lowest BCUT2D eigenvalue weighted by Gasteiger charge is -2.24. The predicted molar refractivity (Wildman–Crippen MR) is 81.7 cm³/mol. The summed E-state index contributed by atoms with van der Waals surface area (Å²) in [5, 5.41) is 0. The van der Waals surface area contributed by atoms with E-state index in [1.807, 2.05) is 6.07 Å². The lowest BCUT2D eigenvalue weighted by Crippen LogP contribution is -2.38. The number of hydrazine groups is 1. The van der Waals surface area contributed by atoms with E-state index in [1.165, 1.54) is 18.9 Å². The molecule has 3 nitrogen and oxygen atoms in total. The van der Waals surface area contributed by atoms with Gasteiger partial charge in [0.05, 0.1) is 6.10 Å². The van der Waals surface area contributed by atoms with Crippen LogP contribution in [0.1, 0.15) is 37.7 Å². The number of benzene rings is 1. The number of halogens is 2. The smallest absolute Gasteiger partial charge is 0.126 e. The van der Waals surface area contributed by atoms with Gasteiger partial charge < -0.3 is 4.74 Å². The number of ether oxygens (including phenoxy) is 1. The van der Waals surface area contributed by atoms with Crippen LogP contribution in [0.5, 0.6) is 0 Å². The van der Waals surface area contributed by atoms with E-state index in [0.717, 1.165) is 30.3 Å². The molecule has 0 aromatic heterocycles. The van der Waals surface area contributed by atoms with Crippen LogP contribution in [0.15, 0.2) is 22.7 Å². The van der Waals surface area contributed by atoms with Gasteiger partial charge in [-0.2, -0.15) is 0 Å². The molecule has 2 unspecified atom stereocenters. The summed E-state index contributed by atoms with van der Waals surface area (Å²) < 4.78 is 20.4. The quantitative estimate of drug-likeness (QED) is 0.614. The molecule has 1 saturated heterocycles. The van der Waals surface area contributed by atoms with Gasteiger partial charge >= 0.3 is 0 Å². The fourth-order valence-electron chi connectivity index (χ4n) is 2.63. The molecule has 0 aliphatic carbocycles. The van der Waals surface area contributed by atoms with Crippen molar-refractivity contribution in [3.8, 4) is 0 Å². The van der Waals surface area contributed by atoms with Crippen LogP contribution in [0.4, 0.5) is 4.39 Å². The van der Waals surface area contributed by atoms with E-state index in [9.17, 15) is 4.39 Å². The van der Waals surface area contributed by atoms with Crippen LogP contribution in [-0.4, -0.2) is 18.8 Å². The lowest BCUT2D eigenvalue weighted by atomic mass is 9.97. The summed E-state index contributed by atoms with van der Waals surface area (Å²) in [5.41, 5.74) is 3.49. The standard InChI is InChI=1S/C15H22BrFN2O/c16-12-4-7-15(17)11(9-12)10-13(19-18)5-6-14-3-1-2-8-20-14/h4,7,9,13-14,19H,1-3,5-6,8,10,18H2. The van der Waals surface area contributed by atoms with Crippen LogP contribution in [-0.2, 0) is 11.2 Å². The molecule has 0 bridgehead atoms. The average Bonchev–Trinajstić information content (AvgIpc) is 2.48. The highest BCUT2D eigenvalue weighted by molar-refractivity contribution is 9.10. The Morgan fingerprint density at radius 1 is 1.45 bits per heavy atom. The van der Waals surface area contributed by atoms with Crippen molar-refractivity contribution in [3.05, 3.63) is 34.1 Å². The zero-order chi connectivity index (χ0) is 14.4. The van der Waals surface area contributed by atoms with Crippen molar-refractivity contribution in [2.24, 2.45) is 5.84 Å². The van der Waals surface area contributed by atoms with E-state index < -0.39 is 0 Å². The van der Waals surface area contributed by atoms with Crippen LogP contribution in [0.25, 0.3) is 0 Å². The number of hydrogen-bond acceptors (Lipinski definition) is 3. The Balaban J connectivity index is 1.86. The van der Waals surface area contributed by atoms with E-state index in [1.54, 1.807) is 6.07 Å². The number of nitrogens with one attached hydrogen (secondary N) is 1. The monoisotopic (exact) mass is 344 g/mol. The number of nitrogens with two attached hydrogens (primary N) is 1. The average molecular weight is 345 g/mol. The first-order valence-corrected chi connectivity index (χ1v) is 8.00. The van der Waals surface area contributed by atoms with E-state index in [-0.39, 0.29) is 11.9 Å². The molecule has 2 atom stereocenters. The fourth-order valence-corrected chi connectivity index (χ4v) is 3.04. The van der Waals surface area contributed by atoms with Gasteiger partial charge in [-0.3, -0.25) is 11.3 Å². The first kappa shape index (κ1) is 15.9. The predicted octanol–water partition coefficient (Wildman–Crippen LogP) is 3.31. The van der Waals surface area contributed by atoms with Crippen LogP contribution in [0.2, 0.25) is 0 Å². The maximum Gasteiger partial charge on any atom is 0.126 e. The van der Waals surface area contributed by atoms with Gasteiger partial charge in [-0.15, -0.1) is 0 Å². The molecule has 1 aromatic carbocycles. The Bertz CT molecular complexity index is 424. The minimum absolute atomic E-state index is 0.0735. The summed E-state index contributed by atoms with van der Waals surface area (Å²) >= 11 is 3.37. The molecule has 1 aromatic rings. The van der Waals surface area contributed by atoms with E-state index in [2.05, 4.69) is 21.4 Å². The van der Waals surface area contributed by atoms with Crippen molar-refractivity contribution in [1.82, 2.24) is 5.43 Å². The summed E-state index contributed by atoms with van der Waals surface area (Å²) in [6, 6.07) is 5.08. The molecule has 0 radical (unpaired) electrons. The van der Waals surface area contributed by atoms with Gasteiger partial charge in [0.1, 0.15) is 5.82 Å². The van der Waals surface area contributed by atoms with Crippen molar-refractivity contribution in [1.29, 1.82) is 0 Å². The van der Waals surface area contributed by atoms with Crippen LogP contribution in [0, 0.1) is 5.82 Å². The van der Waals surface area contributed by atoms with Crippen molar-refractivity contribution in [2.45, 2.75) is 50.7 Å². The Kier molecular flexibility index (Phi) is 6.42. The highest BCUT2D eigenvalue weighted by atomic mass is 79.9. The molecule has 20 heavy (non-hydrogen) atoms. The Hall–Kier alpha value is -0.490. The van der Waals surface area contributed by atoms with Gasteiger partial charge in [-0.1, -0.05) is 15.9 Å². The molecule has 1 aliphatic heterocycles. The summed E-state index contributed by atoms with van der Waals surface area (Å²) in [6.45, 7) is 0.867. The van der Waals surface area contributed by atoms with Gasteiger partial charge in [-0.05, 0) is 62.3 Å². The van der Waals surface area contributed by atoms with Crippen molar-refractivity contribution in [3.63, 3.8) is 0 Å². The molecule has 0 spiro atoms. The number of rotatable bonds is 6. The lowest BCUT2D eigenvalue weighted by molar-refractivity contribution is 0.00857. The number of hydrogen-bond donors (Lipinski definition) is 2. The molecular weight excluding hydrogens is 323 g/mol. The van der Waals surface area contributed by atoms with E-state index >= 15 is 0 Å². The molecular formula is C15H22BrFN2O. The SMILES string of the molecule is NNC(CCC1CCCCO1)Cc1cc(Br)ccc1F. The molecule has 1 fully saturated rings. The normalized spacial score (nSPS) is 20.9. The van der Waals surface area contributed by atoms with Crippen molar-refractivity contribution >= 4 is 15.9 Å². The zero-order valence-electron chi connectivity index (χ0n) is 11.6. The largest absolute Gasteiger partial charge is 0.378 e. The molecule has 0 amide bonds. The van der Waals surface area contributed by atoms with Gasteiger partial charge in [-0.25, -0.2) is 4.39 Å². The van der Waals surface area contributed by atoms with E-state index in [0.29, 0.717) is 18.1 Å². The first-order chi connectivity index (χ1) is 9.69. The topological polar surface area (TPSA) is 47.3 Å². The van der Waals surface area contributed by atoms with Gasteiger partial charge in [0.25, 0.3) is 0 Å². The molecule has 0 saturated carbocycles. The summed E-state index contributed by atoms with van der Waals surface area (Å²) in [7, 11) is 0. The van der Waals surface area contributed by atoms with Crippen molar-refractivity contribution < 1.29 is 9.13 Å². The second-order valence-corrected chi connectivity index (χ2v) is 6.29. The second-order valence-electron chi connectivity index (χ2n) is 5.37. The molecule has 5 heteroatoms. The fraction of sp³-hybridized carbons (Fsp3) is 0.600. The van der Waals surface area contributed by atoms with Crippen LogP contribution >= 0.6 is 15.9 Å². The van der Waals surface area contributed by atoms with Gasteiger partial charge in [0.15, 0.2) is 0 Å². The highest BCUT2D eigenvalue weighted by Gasteiger charge is 2.17. The minimum atomic E-state index is -0.178. The third-order valence-corrected chi connectivity index (χ3v) is 4.31. The molecule has 1 heterocycles. The summed E-state index contributed by atoms with van der Waals surface area (Å²) in [4.78, 5) is 0. The Morgan fingerprint density at radius 2 is 2.30 bits per heavy atom. The summed E-state index contributed by atoms with van der Waals surface area (Å²) in [6.07, 6.45) is 6.34. The molecule has 1 aliphatic rings. The first-order valence-electron chi connectivity index (χ1n) is 7.20. The maximum absolute atomic E-state index is 13.7. The van der Waals surface area contributed by atoms with Crippen LogP contribution in [0.3, 0.4) is 0 Å². The third kappa shape index (κ3) is 4.81. The zero-order valence-corrected chi connectivity index (χ0v) is 13.2. The molecule has 2 rings (SSSR count). The summed E-state index contributed by atoms with van der Waals surface area (Å²) in [5.74, 6) is 5.42. The maximum atomic E-state index is 13.7. The Morgan fingerprint density at radius 3 is 3.00 bits per heavy atom. The second kappa shape index (κ2) is 8.08. The molecule has 3 N–H and O–H groups in total. The third-order valence-electron chi connectivity index (χ3n) is 3.82. The minimum Gasteiger partial charge on any atom is -0.378 e. The van der Waals surface area contributed by atoms with E-state index in [4.69, 9.17) is 10.6 Å². The van der Waals surface area contributed by atoms with Gasteiger partial charge in [0, 0.05) is 17.1 Å². The van der Waals surface area contributed by atoms with Gasteiger partial charge in [0.2, 0.25) is 0 Å². The van der Waals surface area contributed by atoms with Crippen LogP contribution < -0.4 is 11.3 Å². The highest BCUT2D eigenvalue weighted by Crippen LogP contribution is 2.21. The Labute approximate surface area is 128 Å². The molecule has 112 valence electrons.